The van der Waals surface area contributed by atoms with Gasteiger partial charge >= 0.3 is 5.97 Å². The summed E-state index contributed by atoms with van der Waals surface area (Å²) >= 11 is 1.58. The van der Waals surface area contributed by atoms with Gasteiger partial charge in [0, 0.05) is 35.9 Å². The van der Waals surface area contributed by atoms with E-state index in [2.05, 4.69) is 4.99 Å². The smallest absolute Gasteiger partial charge is 0.315 e. The highest BCUT2D eigenvalue weighted by molar-refractivity contribution is 7.08. The Balaban J connectivity index is 1.63. The van der Waals surface area contributed by atoms with E-state index in [0.29, 0.717) is 6.42 Å². The fraction of sp³-hybridized carbons (Fsp3) is 0.550. The monoisotopic (exact) mass is 373 g/mol. The molecule has 1 aromatic rings. The van der Waals surface area contributed by atoms with E-state index < -0.39 is 5.92 Å². The maximum absolute atomic E-state index is 13.0. The molecule has 6 heteroatoms. The zero-order valence-corrected chi connectivity index (χ0v) is 15.7. The molecule has 0 saturated carbocycles. The number of ketones is 1. The van der Waals surface area contributed by atoms with Crippen LogP contribution in [0.25, 0.3) is 0 Å². The minimum Gasteiger partial charge on any atom is -0.462 e. The molecule has 0 N–H and O–H groups in total. The van der Waals surface area contributed by atoms with Gasteiger partial charge in [0.25, 0.3) is 0 Å². The van der Waals surface area contributed by atoms with E-state index >= 15 is 0 Å². The first-order valence-corrected chi connectivity index (χ1v) is 10.2. The lowest BCUT2D eigenvalue weighted by atomic mass is 9.72. The third-order valence-electron chi connectivity index (χ3n) is 5.43. The highest BCUT2D eigenvalue weighted by Crippen LogP contribution is 2.44. The van der Waals surface area contributed by atoms with Gasteiger partial charge in [0.1, 0.15) is 12.5 Å². The number of thiophene rings is 1. The molecular weight excluding hydrogens is 350 g/mol. The number of nitrogens with zero attached hydrogens (tertiary/aromatic N) is 1. The number of rotatable bonds is 4. The van der Waals surface area contributed by atoms with Crippen LogP contribution in [-0.4, -0.2) is 36.8 Å². The van der Waals surface area contributed by atoms with Crippen molar-refractivity contribution in [2.75, 3.05) is 13.2 Å². The Morgan fingerprint density at radius 3 is 3.00 bits per heavy atom. The lowest BCUT2D eigenvalue weighted by Gasteiger charge is -2.34. The number of carbonyl (C=O) groups is 2. The van der Waals surface area contributed by atoms with Crippen molar-refractivity contribution in [3.8, 4) is 0 Å². The topological polar surface area (TPSA) is 65.0 Å². The second-order valence-corrected chi connectivity index (χ2v) is 7.95. The molecule has 3 heterocycles. The number of allylic oxidation sites excluding steroid dienone is 2. The summed E-state index contributed by atoms with van der Waals surface area (Å²) in [5, 5.41) is 4.01. The molecule has 0 bridgehead atoms. The highest BCUT2D eigenvalue weighted by Gasteiger charge is 2.43. The molecule has 0 amide bonds. The van der Waals surface area contributed by atoms with E-state index in [0.717, 1.165) is 54.8 Å². The molecule has 3 aliphatic rings. The number of carbonyl (C=O) groups excluding carboxylic acids is 2. The summed E-state index contributed by atoms with van der Waals surface area (Å²) < 4.78 is 11.2. The number of aliphatic imine (C=N–C) groups is 1. The standard InChI is InChI=1S/C20H23NO4S/c1-12-17(20(23)25-10-14-4-3-8-24-14)18(13-7-9-26-11-13)19-15(21-12)5-2-6-16(19)22/h7,9,11,14,17-18H,2-6,8,10H2,1H3. The molecule has 4 rings (SSSR count). The predicted molar refractivity (Wildman–Crippen MR) is 99.5 cm³/mol. The second kappa shape index (κ2) is 7.45. The molecule has 138 valence electrons. The third-order valence-corrected chi connectivity index (χ3v) is 6.13. The number of ether oxygens (including phenoxy) is 2. The zero-order chi connectivity index (χ0) is 18.1. The third kappa shape index (κ3) is 3.28. The fourth-order valence-corrected chi connectivity index (χ4v) is 4.86. The lowest BCUT2D eigenvalue weighted by molar-refractivity contribution is -0.149. The molecule has 1 aliphatic carbocycles. The summed E-state index contributed by atoms with van der Waals surface area (Å²) in [7, 11) is 0. The van der Waals surface area contributed by atoms with Crippen LogP contribution in [0.4, 0.5) is 0 Å². The van der Waals surface area contributed by atoms with Gasteiger partial charge in [-0.15, -0.1) is 0 Å². The molecule has 3 unspecified atom stereocenters. The van der Waals surface area contributed by atoms with Crippen LogP contribution in [0.15, 0.2) is 33.1 Å². The average Bonchev–Trinajstić information content (AvgIpc) is 3.32. The Morgan fingerprint density at radius 2 is 2.27 bits per heavy atom. The summed E-state index contributed by atoms with van der Waals surface area (Å²) in [5.41, 5.74) is 3.33. The van der Waals surface area contributed by atoms with Crippen molar-refractivity contribution >= 4 is 28.8 Å². The number of hydrogen-bond donors (Lipinski definition) is 0. The molecule has 1 saturated heterocycles. The molecule has 1 fully saturated rings. The largest absolute Gasteiger partial charge is 0.462 e. The molecule has 5 nitrogen and oxygen atoms in total. The van der Waals surface area contributed by atoms with E-state index in [-0.39, 0.29) is 30.4 Å². The van der Waals surface area contributed by atoms with E-state index in [9.17, 15) is 9.59 Å². The fourth-order valence-electron chi connectivity index (χ4n) is 4.16. The van der Waals surface area contributed by atoms with E-state index in [4.69, 9.17) is 9.47 Å². The van der Waals surface area contributed by atoms with Crippen molar-refractivity contribution in [3.05, 3.63) is 33.7 Å². The lowest BCUT2D eigenvalue weighted by Crippen LogP contribution is -2.38. The summed E-state index contributed by atoms with van der Waals surface area (Å²) in [4.78, 5) is 30.3. The second-order valence-electron chi connectivity index (χ2n) is 7.17. The normalized spacial score (nSPS) is 28.7. The number of esters is 1. The van der Waals surface area contributed by atoms with Crippen molar-refractivity contribution in [2.45, 2.75) is 51.0 Å². The van der Waals surface area contributed by atoms with Crippen LogP contribution in [0.3, 0.4) is 0 Å². The van der Waals surface area contributed by atoms with Crippen molar-refractivity contribution in [2.24, 2.45) is 10.9 Å². The van der Waals surface area contributed by atoms with Crippen molar-refractivity contribution in [1.29, 1.82) is 0 Å². The van der Waals surface area contributed by atoms with Gasteiger partial charge in [-0.05, 0) is 55.0 Å². The Kier molecular flexibility index (Phi) is 5.05. The quantitative estimate of drug-likeness (QED) is 0.756. The predicted octanol–water partition coefficient (Wildman–Crippen LogP) is 3.65. The van der Waals surface area contributed by atoms with Crippen molar-refractivity contribution in [1.82, 2.24) is 0 Å². The number of Topliss-reactive ketones (excluding diaryl/α,β-unsaturated/α-hetero) is 1. The maximum atomic E-state index is 13.0. The van der Waals surface area contributed by atoms with E-state index in [1.165, 1.54) is 0 Å². The van der Waals surface area contributed by atoms with Crippen LogP contribution >= 0.6 is 11.3 Å². The zero-order valence-electron chi connectivity index (χ0n) is 14.9. The summed E-state index contributed by atoms with van der Waals surface area (Å²) in [6.45, 7) is 2.88. The summed E-state index contributed by atoms with van der Waals surface area (Å²) in [6, 6.07) is 2.00. The molecule has 0 aromatic carbocycles. The molecular formula is C20H23NO4S. The molecule has 26 heavy (non-hydrogen) atoms. The Morgan fingerprint density at radius 1 is 1.38 bits per heavy atom. The van der Waals surface area contributed by atoms with Crippen LogP contribution in [0.1, 0.15) is 50.5 Å². The molecule has 0 radical (unpaired) electrons. The number of hydrogen-bond acceptors (Lipinski definition) is 6. The minimum atomic E-state index is -0.535. The van der Waals surface area contributed by atoms with Crippen LogP contribution < -0.4 is 0 Å². The van der Waals surface area contributed by atoms with Gasteiger partial charge < -0.3 is 9.47 Å². The van der Waals surface area contributed by atoms with Gasteiger partial charge in [-0.2, -0.15) is 11.3 Å². The van der Waals surface area contributed by atoms with Gasteiger partial charge in [0.15, 0.2) is 5.78 Å². The van der Waals surface area contributed by atoms with Gasteiger partial charge in [-0.25, -0.2) is 0 Å². The molecule has 3 atom stereocenters. The van der Waals surface area contributed by atoms with Gasteiger partial charge in [-0.1, -0.05) is 0 Å². The van der Waals surface area contributed by atoms with Crippen molar-refractivity contribution in [3.63, 3.8) is 0 Å². The Hall–Kier alpha value is -1.79. The minimum absolute atomic E-state index is 0.00882. The van der Waals surface area contributed by atoms with Gasteiger partial charge in [0.05, 0.1) is 6.10 Å². The van der Waals surface area contributed by atoms with Crippen LogP contribution in [-0.2, 0) is 19.1 Å². The summed E-state index contributed by atoms with van der Waals surface area (Å²) in [6.07, 6.45) is 4.09. The van der Waals surface area contributed by atoms with Crippen molar-refractivity contribution < 1.29 is 19.1 Å². The average molecular weight is 373 g/mol. The summed E-state index contributed by atoms with van der Waals surface area (Å²) in [5.74, 6) is -0.996. The SMILES string of the molecule is CC1=NC2=C(C(=O)CCC2)C(c2ccsc2)C1C(=O)OCC1CCCO1. The van der Waals surface area contributed by atoms with Crippen LogP contribution in [0.2, 0.25) is 0 Å². The maximum Gasteiger partial charge on any atom is 0.315 e. The Labute approximate surface area is 157 Å². The molecule has 2 aliphatic heterocycles. The van der Waals surface area contributed by atoms with E-state index in [1.807, 2.05) is 23.8 Å². The Bertz CT molecular complexity index is 759. The van der Waals surface area contributed by atoms with Crippen LogP contribution in [0, 0.1) is 5.92 Å². The van der Waals surface area contributed by atoms with Gasteiger partial charge in [0.2, 0.25) is 0 Å². The molecule has 1 aromatic heterocycles. The first-order chi connectivity index (χ1) is 12.6. The first kappa shape index (κ1) is 17.6. The first-order valence-electron chi connectivity index (χ1n) is 9.27. The van der Waals surface area contributed by atoms with E-state index in [1.54, 1.807) is 11.3 Å². The van der Waals surface area contributed by atoms with Gasteiger partial charge in [-0.3, -0.25) is 14.6 Å². The highest BCUT2D eigenvalue weighted by atomic mass is 32.1. The molecule has 0 spiro atoms. The van der Waals surface area contributed by atoms with Crippen LogP contribution in [0.5, 0.6) is 0 Å².